The zero-order valence-electron chi connectivity index (χ0n) is 8.71. The first-order chi connectivity index (χ1) is 7.61. The zero-order chi connectivity index (χ0) is 11.7. The molecule has 2 aromatic rings. The molecule has 4 heteroatoms. The van der Waals surface area contributed by atoms with Crippen molar-refractivity contribution in [3.05, 3.63) is 55.1 Å². The third-order valence-corrected chi connectivity index (χ3v) is 5.01. The molecule has 1 nitrogen and oxygen atoms in total. The van der Waals surface area contributed by atoms with Crippen molar-refractivity contribution in [3.63, 3.8) is 0 Å². The van der Waals surface area contributed by atoms with E-state index < -0.39 is 0 Å². The third kappa shape index (κ3) is 2.18. The van der Waals surface area contributed by atoms with E-state index in [9.17, 15) is 0 Å². The van der Waals surface area contributed by atoms with E-state index in [0.717, 1.165) is 19.9 Å². The van der Waals surface area contributed by atoms with E-state index in [-0.39, 0.29) is 6.04 Å². The summed E-state index contributed by atoms with van der Waals surface area (Å²) in [6.45, 7) is 2.05. The second-order valence-electron chi connectivity index (χ2n) is 3.59. The first-order valence-electron chi connectivity index (χ1n) is 4.84. The Hall–Kier alpha value is -0.350. The van der Waals surface area contributed by atoms with E-state index in [2.05, 4.69) is 28.9 Å². The summed E-state index contributed by atoms with van der Waals surface area (Å²) >= 11 is 11.3. The van der Waals surface area contributed by atoms with Gasteiger partial charge in [-0.05, 0) is 29.5 Å². The van der Waals surface area contributed by atoms with Gasteiger partial charge in [-0.25, -0.2) is 0 Å². The van der Waals surface area contributed by atoms with E-state index in [1.807, 2.05) is 23.6 Å². The van der Waals surface area contributed by atoms with Gasteiger partial charge in [-0.3, -0.25) is 0 Å². The van der Waals surface area contributed by atoms with Gasteiger partial charge >= 0.3 is 0 Å². The molecule has 0 amide bonds. The van der Waals surface area contributed by atoms with Crippen LogP contribution in [0.2, 0.25) is 5.02 Å². The summed E-state index contributed by atoms with van der Waals surface area (Å²) in [5, 5.41) is 2.70. The first kappa shape index (κ1) is 12.1. The average molecular weight is 317 g/mol. The normalized spacial score (nSPS) is 12.8. The van der Waals surface area contributed by atoms with Gasteiger partial charge in [0.1, 0.15) is 0 Å². The molecule has 2 rings (SSSR count). The molecular formula is C12H11BrClNS. The first-order valence-corrected chi connectivity index (χ1v) is 6.90. The molecule has 16 heavy (non-hydrogen) atoms. The molecule has 1 heterocycles. The van der Waals surface area contributed by atoms with E-state index in [4.69, 9.17) is 17.3 Å². The zero-order valence-corrected chi connectivity index (χ0v) is 11.9. The van der Waals surface area contributed by atoms with Crippen molar-refractivity contribution in [2.45, 2.75) is 13.0 Å². The molecule has 0 bridgehead atoms. The lowest BCUT2D eigenvalue weighted by atomic mass is 10.0. The molecule has 0 saturated heterocycles. The Morgan fingerprint density at radius 2 is 2.12 bits per heavy atom. The minimum absolute atomic E-state index is 0.165. The number of aryl methyl sites for hydroxylation is 1. The summed E-state index contributed by atoms with van der Waals surface area (Å²) in [6.07, 6.45) is 0. The van der Waals surface area contributed by atoms with Crippen molar-refractivity contribution in [2.24, 2.45) is 5.73 Å². The van der Waals surface area contributed by atoms with Crippen LogP contribution >= 0.6 is 38.9 Å². The minimum atomic E-state index is -0.165. The van der Waals surface area contributed by atoms with Gasteiger partial charge < -0.3 is 5.73 Å². The van der Waals surface area contributed by atoms with Crippen LogP contribution < -0.4 is 5.73 Å². The highest BCUT2D eigenvalue weighted by Crippen LogP contribution is 2.35. The fourth-order valence-corrected chi connectivity index (χ4v) is 3.28. The minimum Gasteiger partial charge on any atom is -0.320 e. The number of rotatable bonds is 2. The van der Waals surface area contributed by atoms with Crippen molar-refractivity contribution in [3.8, 4) is 0 Å². The Labute approximate surface area is 112 Å². The highest BCUT2D eigenvalue weighted by molar-refractivity contribution is 9.10. The van der Waals surface area contributed by atoms with Crippen molar-refractivity contribution in [1.29, 1.82) is 0 Å². The molecular weight excluding hydrogens is 306 g/mol. The maximum absolute atomic E-state index is 6.23. The van der Waals surface area contributed by atoms with E-state index in [0.29, 0.717) is 0 Å². The maximum atomic E-state index is 6.23. The van der Waals surface area contributed by atoms with Crippen LogP contribution in [0.4, 0.5) is 0 Å². The molecule has 2 N–H and O–H groups in total. The van der Waals surface area contributed by atoms with Crippen LogP contribution in [0.3, 0.4) is 0 Å². The van der Waals surface area contributed by atoms with E-state index >= 15 is 0 Å². The number of hydrogen-bond donors (Lipinski definition) is 1. The van der Waals surface area contributed by atoms with Gasteiger partial charge in [0.2, 0.25) is 0 Å². The van der Waals surface area contributed by atoms with Gasteiger partial charge in [-0.1, -0.05) is 45.7 Å². The van der Waals surface area contributed by atoms with Crippen LogP contribution in [0.1, 0.15) is 22.0 Å². The van der Waals surface area contributed by atoms with Gasteiger partial charge in [0, 0.05) is 9.35 Å². The number of halogens is 2. The van der Waals surface area contributed by atoms with Crippen LogP contribution in [0.15, 0.2) is 34.1 Å². The Balaban J connectivity index is 2.46. The van der Waals surface area contributed by atoms with Crippen LogP contribution in [-0.4, -0.2) is 0 Å². The number of hydrogen-bond acceptors (Lipinski definition) is 2. The molecule has 0 aliphatic carbocycles. The fraction of sp³-hybridized carbons (Fsp3) is 0.167. The molecule has 0 radical (unpaired) electrons. The van der Waals surface area contributed by atoms with Crippen LogP contribution in [0.25, 0.3) is 0 Å². The molecule has 1 aromatic carbocycles. The predicted molar refractivity (Wildman–Crippen MR) is 74.2 cm³/mol. The fourth-order valence-electron chi connectivity index (χ4n) is 1.58. The van der Waals surface area contributed by atoms with E-state index in [1.54, 1.807) is 11.3 Å². The monoisotopic (exact) mass is 315 g/mol. The van der Waals surface area contributed by atoms with E-state index in [1.165, 1.54) is 5.56 Å². The van der Waals surface area contributed by atoms with Crippen LogP contribution in [-0.2, 0) is 0 Å². The second kappa shape index (κ2) is 4.88. The van der Waals surface area contributed by atoms with Crippen molar-refractivity contribution in [2.75, 3.05) is 0 Å². The van der Waals surface area contributed by atoms with Crippen molar-refractivity contribution < 1.29 is 0 Å². The van der Waals surface area contributed by atoms with Gasteiger partial charge in [-0.15, -0.1) is 11.3 Å². The molecule has 0 spiro atoms. The summed E-state index contributed by atoms with van der Waals surface area (Å²) in [4.78, 5) is 1.01. The molecule has 0 aliphatic rings. The largest absolute Gasteiger partial charge is 0.320 e. The Morgan fingerprint density at radius 3 is 2.75 bits per heavy atom. The topological polar surface area (TPSA) is 26.0 Å². The molecule has 1 atom stereocenters. The summed E-state index contributed by atoms with van der Waals surface area (Å²) in [6, 6.07) is 7.80. The molecule has 1 unspecified atom stereocenters. The maximum Gasteiger partial charge on any atom is 0.0672 e. The number of thiophene rings is 1. The van der Waals surface area contributed by atoms with Gasteiger partial charge in [-0.2, -0.15) is 0 Å². The quantitative estimate of drug-likeness (QED) is 0.866. The van der Waals surface area contributed by atoms with Gasteiger partial charge in [0.05, 0.1) is 11.1 Å². The smallest absolute Gasteiger partial charge is 0.0672 e. The summed E-state index contributed by atoms with van der Waals surface area (Å²) < 4.78 is 1.06. The molecule has 0 fully saturated rings. The number of benzene rings is 1. The van der Waals surface area contributed by atoms with Gasteiger partial charge in [0.15, 0.2) is 0 Å². The number of nitrogens with two attached hydrogens (primary N) is 1. The highest BCUT2D eigenvalue weighted by atomic mass is 79.9. The van der Waals surface area contributed by atoms with Crippen molar-refractivity contribution >= 4 is 38.9 Å². The predicted octanol–water partition coefficient (Wildman–Crippen LogP) is 4.52. The molecule has 1 aromatic heterocycles. The lowest BCUT2D eigenvalue weighted by Gasteiger charge is -2.14. The third-order valence-electron chi connectivity index (χ3n) is 2.48. The summed E-state index contributed by atoms with van der Waals surface area (Å²) in [7, 11) is 0. The highest BCUT2D eigenvalue weighted by Gasteiger charge is 2.16. The van der Waals surface area contributed by atoms with Crippen LogP contribution in [0.5, 0.6) is 0 Å². The average Bonchev–Trinajstić information content (AvgIpc) is 2.68. The lowest BCUT2D eigenvalue weighted by molar-refractivity contribution is 0.885. The Kier molecular flexibility index (Phi) is 3.70. The van der Waals surface area contributed by atoms with Crippen LogP contribution in [0, 0.1) is 6.92 Å². The molecule has 0 aliphatic heterocycles. The Bertz CT molecular complexity index is 509. The van der Waals surface area contributed by atoms with Gasteiger partial charge in [0.25, 0.3) is 0 Å². The summed E-state index contributed by atoms with van der Waals surface area (Å²) in [5.41, 5.74) is 8.48. The molecule has 84 valence electrons. The lowest BCUT2D eigenvalue weighted by Crippen LogP contribution is -2.11. The summed E-state index contributed by atoms with van der Waals surface area (Å²) in [5.74, 6) is 0. The molecule has 0 saturated carbocycles. The second-order valence-corrected chi connectivity index (χ2v) is 5.74. The van der Waals surface area contributed by atoms with Crippen molar-refractivity contribution in [1.82, 2.24) is 0 Å². The standard InChI is InChI=1S/C12H11BrClNS/c1-7-3-2-4-8(10(7)13)11(15)12-9(14)5-6-16-12/h2-6,11H,15H2,1H3. The SMILES string of the molecule is Cc1cccc(C(N)c2sccc2Cl)c1Br. The Morgan fingerprint density at radius 1 is 1.38 bits per heavy atom.